The van der Waals surface area contributed by atoms with Gasteiger partial charge >= 0.3 is 6.09 Å². The summed E-state index contributed by atoms with van der Waals surface area (Å²) in [5.74, 6) is 0.711. The van der Waals surface area contributed by atoms with Crippen LogP contribution in [0.15, 0.2) is 58.3 Å². The van der Waals surface area contributed by atoms with Gasteiger partial charge in [-0.1, -0.05) is 23.4 Å². The maximum atomic E-state index is 10.3. The first-order valence-electron chi connectivity index (χ1n) is 6.26. The summed E-state index contributed by atoms with van der Waals surface area (Å²) in [6.45, 7) is 0.562. The number of carbonyl (C=O) groups is 1. The van der Waals surface area contributed by atoms with Gasteiger partial charge in [0, 0.05) is 14.8 Å². The van der Waals surface area contributed by atoms with Crippen LogP contribution in [0.5, 0.6) is 5.75 Å². The minimum Gasteiger partial charge on any atom is -0.492 e. The molecule has 0 heterocycles. The Morgan fingerprint density at radius 2 is 1.67 bits per heavy atom. The van der Waals surface area contributed by atoms with E-state index in [1.54, 1.807) is 11.8 Å². The molecule has 110 valence electrons. The predicted molar refractivity (Wildman–Crippen MR) is 83.5 cm³/mol. The summed E-state index contributed by atoms with van der Waals surface area (Å²) in [4.78, 5) is 12.5. The molecule has 4 nitrogen and oxygen atoms in total. The lowest BCUT2D eigenvalue weighted by Crippen LogP contribution is -2.26. The van der Waals surface area contributed by atoms with Crippen LogP contribution in [0.1, 0.15) is 0 Å². The maximum absolute atomic E-state index is 10.3. The van der Waals surface area contributed by atoms with Crippen LogP contribution >= 0.6 is 23.4 Å². The van der Waals surface area contributed by atoms with Gasteiger partial charge in [0.25, 0.3) is 0 Å². The van der Waals surface area contributed by atoms with Gasteiger partial charge in [-0.15, -0.1) is 0 Å². The smallest absolute Gasteiger partial charge is 0.404 e. The number of rotatable bonds is 6. The predicted octanol–water partition coefficient (Wildman–Crippen LogP) is 4.14. The molecule has 2 N–H and O–H groups in total. The Labute approximate surface area is 132 Å². The monoisotopic (exact) mass is 323 g/mol. The third-order valence-corrected chi connectivity index (χ3v) is 3.79. The maximum Gasteiger partial charge on any atom is 0.404 e. The van der Waals surface area contributed by atoms with E-state index in [2.05, 4.69) is 5.32 Å². The molecule has 21 heavy (non-hydrogen) atoms. The fourth-order valence-electron chi connectivity index (χ4n) is 1.57. The van der Waals surface area contributed by atoms with Crippen molar-refractivity contribution in [3.63, 3.8) is 0 Å². The number of amides is 1. The molecule has 0 aliphatic carbocycles. The Morgan fingerprint density at radius 1 is 1.10 bits per heavy atom. The molecular formula is C15H14ClNO3S. The lowest BCUT2D eigenvalue weighted by atomic mass is 10.3. The van der Waals surface area contributed by atoms with Crippen LogP contribution in [0.2, 0.25) is 5.02 Å². The molecule has 2 aromatic rings. The number of hydrogen-bond acceptors (Lipinski definition) is 3. The summed E-state index contributed by atoms with van der Waals surface area (Å²) in [5, 5.41) is 11.4. The van der Waals surface area contributed by atoms with Crippen molar-refractivity contribution in [3.8, 4) is 5.75 Å². The fraction of sp³-hybridized carbons (Fsp3) is 0.133. The number of nitrogens with one attached hydrogen (secondary N) is 1. The molecule has 0 spiro atoms. The minimum absolute atomic E-state index is 0.261. The van der Waals surface area contributed by atoms with E-state index >= 15 is 0 Å². The second-order valence-electron chi connectivity index (χ2n) is 4.11. The van der Waals surface area contributed by atoms with Crippen LogP contribution in [0, 0.1) is 0 Å². The standard InChI is InChI=1S/C15H14ClNO3S/c16-11-1-5-13(6-2-11)21-14-7-3-12(4-8-14)20-10-9-17-15(18)19/h1-8,17H,9-10H2,(H,18,19). The molecule has 6 heteroatoms. The van der Waals surface area contributed by atoms with Crippen molar-refractivity contribution in [2.24, 2.45) is 0 Å². The van der Waals surface area contributed by atoms with Crippen LogP contribution < -0.4 is 10.1 Å². The molecule has 2 aromatic carbocycles. The zero-order valence-electron chi connectivity index (χ0n) is 11.1. The highest BCUT2D eigenvalue weighted by Gasteiger charge is 2.00. The molecule has 0 unspecified atom stereocenters. The lowest BCUT2D eigenvalue weighted by Gasteiger charge is -2.07. The van der Waals surface area contributed by atoms with Gasteiger partial charge in [0.15, 0.2) is 0 Å². The third kappa shape index (κ3) is 5.57. The lowest BCUT2D eigenvalue weighted by molar-refractivity contribution is 0.191. The second-order valence-corrected chi connectivity index (χ2v) is 5.69. The molecule has 1 amide bonds. The van der Waals surface area contributed by atoms with E-state index in [0.717, 1.165) is 14.8 Å². The van der Waals surface area contributed by atoms with E-state index < -0.39 is 6.09 Å². The Hall–Kier alpha value is -1.85. The van der Waals surface area contributed by atoms with Crippen molar-refractivity contribution in [2.45, 2.75) is 9.79 Å². The molecule has 0 aromatic heterocycles. The number of carboxylic acid groups (broad SMARTS) is 1. The first-order chi connectivity index (χ1) is 10.1. The molecule has 2 rings (SSSR count). The molecule has 0 aliphatic rings. The van der Waals surface area contributed by atoms with E-state index in [1.807, 2.05) is 48.5 Å². The van der Waals surface area contributed by atoms with Crippen LogP contribution in [-0.2, 0) is 0 Å². The van der Waals surface area contributed by atoms with Gasteiger partial charge < -0.3 is 15.2 Å². The Kier molecular flexibility index (Phi) is 5.78. The van der Waals surface area contributed by atoms with Gasteiger partial charge in [-0.2, -0.15) is 0 Å². The summed E-state index contributed by atoms with van der Waals surface area (Å²) >= 11 is 7.48. The van der Waals surface area contributed by atoms with Gasteiger partial charge in [-0.25, -0.2) is 4.79 Å². The molecule has 0 bridgehead atoms. The van der Waals surface area contributed by atoms with Crippen LogP contribution in [0.3, 0.4) is 0 Å². The summed E-state index contributed by atoms with van der Waals surface area (Å²) in [7, 11) is 0. The van der Waals surface area contributed by atoms with Crippen molar-refractivity contribution >= 4 is 29.5 Å². The van der Waals surface area contributed by atoms with Crippen LogP contribution in [0.4, 0.5) is 4.79 Å². The first-order valence-corrected chi connectivity index (χ1v) is 7.46. The zero-order valence-corrected chi connectivity index (χ0v) is 12.7. The summed E-state index contributed by atoms with van der Waals surface area (Å²) in [6, 6.07) is 15.3. The van der Waals surface area contributed by atoms with Crippen molar-refractivity contribution in [2.75, 3.05) is 13.2 Å². The minimum atomic E-state index is -1.05. The molecule has 0 radical (unpaired) electrons. The van der Waals surface area contributed by atoms with Crippen LogP contribution in [-0.4, -0.2) is 24.4 Å². The summed E-state index contributed by atoms with van der Waals surface area (Å²) in [5.41, 5.74) is 0. The largest absolute Gasteiger partial charge is 0.492 e. The average Bonchev–Trinajstić information content (AvgIpc) is 2.47. The Balaban J connectivity index is 1.84. The van der Waals surface area contributed by atoms with Crippen molar-refractivity contribution in [3.05, 3.63) is 53.6 Å². The Bertz CT molecular complexity index is 587. The normalized spacial score (nSPS) is 10.1. The topological polar surface area (TPSA) is 58.6 Å². The number of halogens is 1. The molecule has 0 aliphatic heterocycles. The number of ether oxygens (including phenoxy) is 1. The fourth-order valence-corrected chi connectivity index (χ4v) is 2.51. The molecule has 0 saturated carbocycles. The van der Waals surface area contributed by atoms with Gasteiger partial charge in [0.1, 0.15) is 12.4 Å². The summed E-state index contributed by atoms with van der Waals surface area (Å²) in [6.07, 6.45) is -1.05. The zero-order chi connectivity index (χ0) is 15.1. The first kappa shape index (κ1) is 15.5. The Morgan fingerprint density at radius 3 is 2.24 bits per heavy atom. The van der Waals surface area contributed by atoms with Crippen molar-refractivity contribution in [1.82, 2.24) is 5.32 Å². The molecule has 0 saturated heterocycles. The quantitative estimate of drug-likeness (QED) is 0.784. The highest BCUT2D eigenvalue weighted by atomic mass is 35.5. The van der Waals surface area contributed by atoms with E-state index in [-0.39, 0.29) is 6.54 Å². The third-order valence-electron chi connectivity index (χ3n) is 2.52. The van der Waals surface area contributed by atoms with Gasteiger partial charge in [0.2, 0.25) is 0 Å². The average molecular weight is 324 g/mol. The number of hydrogen-bond donors (Lipinski definition) is 2. The second kappa shape index (κ2) is 7.81. The molecule has 0 atom stereocenters. The van der Waals surface area contributed by atoms with Gasteiger partial charge in [-0.05, 0) is 48.5 Å². The van der Waals surface area contributed by atoms with E-state index in [0.29, 0.717) is 12.4 Å². The van der Waals surface area contributed by atoms with E-state index in [1.165, 1.54) is 0 Å². The van der Waals surface area contributed by atoms with Gasteiger partial charge in [-0.3, -0.25) is 0 Å². The van der Waals surface area contributed by atoms with E-state index in [4.69, 9.17) is 21.4 Å². The van der Waals surface area contributed by atoms with Gasteiger partial charge in [0.05, 0.1) is 6.54 Å². The van der Waals surface area contributed by atoms with Crippen LogP contribution in [0.25, 0.3) is 0 Å². The van der Waals surface area contributed by atoms with E-state index in [9.17, 15) is 4.79 Å². The molecular weight excluding hydrogens is 310 g/mol. The SMILES string of the molecule is O=C(O)NCCOc1ccc(Sc2ccc(Cl)cc2)cc1. The molecule has 0 fully saturated rings. The highest BCUT2D eigenvalue weighted by Crippen LogP contribution is 2.29. The highest BCUT2D eigenvalue weighted by molar-refractivity contribution is 7.99. The summed E-state index contributed by atoms with van der Waals surface area (Å²) < 4.78 is 5.42. The van der Waals surface area contributed by atoms with Crippen molar-refractivity contribution in [1.29, 1.82) is 0 Å². The number of benzene rings is 2. The van der Waals surface area contributed by atoms with Crippen molar-refractivity contribution < 1.29 is 14.6 Å².